The number of hydrogen-bond acceptors (Lipinski definition) is 7. The van der Waals surface area contributed by atoms with Gasteiger partial charge in [-0.3, -0.25) is 14.7 Å². The normalized spacial score (nSPS) is 12.4. The zero-order valence-electron chi connectivity index (χ0n) is 15.9. The Kier molecular flexibility index (Phi) is 7.45. The van der Waals surface area contributed by atoms with Crippen LogP contribution in [0, 0.1) is 17.0 Å². The van der Waals surface area contributed by atoms with E-state index in [1.165, 1.54) is 24.3 Å². The summed E-state index contributed by atoms with van der Waals surface area (Å²) < 4.78 is 29.6. The molecule has 8 nitrogen and oxygen atoms in total. The van der Waals surface area contributed by atoms with Crippen molar-refractivity contribution in [3.05, 3.63) is 75.3 Å². The Labute approximate surface area is 163 Å². The molecule has 1 unspecified atom stereocenters. The molecule has 0 saturated heterocycles. The number of carbonyl (C=O) groups is 1. The van der Waals surface area contributed by atoms with Gasteiger partial charge >= 0.3 is 13.6 Å². The lowest BCUT2D eigenvalue weighted by atomic mass is 10.1. The van der Waals surface area contributed by atoms with E-state index in [2.05, 4.69) is 0 Å². The van der Waals surface area contributed by atoms with Gasteiger partial charge in [-0.1, -0.05) is 29.8 Å². The molecule has 0 amide bonds. The average Bonchev–Trinajstić information content (AvgIpc) is 2.67. The lowest BCUT2D eigenvalue weighted by Crippen LogP contribution is -2.15. The van der Waals surface area contributed by atoms with E-state index in [0.717, 1.165) is 5.56 Å². The number of ether oxygens (including phenoxy) is 1. The SMILES string of the molecule is CCOP(=O)(OCC)C(OC(=O)c1ccc([N+](=O)[O-])cc1)c1ccc(C)cc1. The zero-order chi connectivity index (χ0) is 20.7. The van der Waals surface area contributed by atoms with Crippen molar-refractivity contribution >= 4 is 19.3 Å². The highest BCUT2D eigenvalue weighted by Gasteiger charge is 2.40. The maximum absolute atomic E-state index is 13.3. The first-order valence-corrected chi connectivity index (χ1v) is 10.3. The van der Waals surface area contributed by atoms with E-state index in [1.54, 1.807) is 38.1 Å². The number of benzene rings is 2. The maximum atomic E-state index is 13.3. The van der Waals surface area contributed by atoms with Crippen molar-refractivity contribution < 1.29 is 28.1 Å². The average molecular weight is 407 g/mol. The summed E-state index contributed by atoms with van der Waals surface area (Å²) in [5, 5.41) is 10.8. The molecular formula is C19H22NO7P. The number of esters is 1. The second-order valence-electron chi connectivity index (χ2n) is 5.85. The van der Waals surface area contributed by atoms with Crippen LogP contribution in [0.1, 0.15) is 41.2 Å². The molecule has 2 rings (SSSR count). The molecular weight excluding hydrogens is 385 g/mol. The molecule has 0 aliphatic heterocycles. The van der Waals surface area contributed by atoms with Crippen LogP contribution in [0.5, 0.6) is 0 Å². The second kappa shape index (κ2) is 9.59. The summed E-state index contributed by atoms with van der Waals surface area (Å²) >= 11 is 0. The van der Waals surface area contributed by atoms with E-state index in [1.807, 2.05) is 6.92 Å². The number of hydrogen-bond donors (Lipinski definition) is 0. The summed E-state index contributed by atoms with van der Waals surface area (Å²) in [6, 6.07) is 11.9. The lowest BCUT2D eigenvalue weighted by molar-refractivity contribution is -0.384. The van der Waals surface area contributed by atoms with Crippen LogP contribution in [0.3, 0.4) is 0 Å². The molecule has 2 aromatic rings. The Bertz CT molecular complexity index is 855. The monoisotopic (exact) mass is 407 g/mol. The van der Waals surface area contributed by atoms with Gasteiger partial charge in [0.15, 0.2) is 0 Å². The van der Waals surface area contributed by atoms with Crippen molar-refractivity contribution in [2.75, 3.05) is 13.2 Å². The van der Waals surface area contributed by atoms with Crippen molar-refractivity contribution in [3.8, 4) is 0 Å². The fourth-order valence-corrected chi connectivity index (χ4v) is 4.29. The van der Waals surface area contributed by atoms with E-state index >= 15 is 0 Å². The van der Waals surface area contributed by atoms with Crippen molar-refractivity contribution in [3.63, 3.8) is 0 Å². The molecule has 0 radical (unpaired) electrons. The molecule has 0 N–H and O–H groups in total. The van der Waals surface area contributed by atoms with Gasteiger partial charge in [-0.05, 0) is 32.9 Å². The smallest absolute Gasteiger partial charge is 0.375 e. The molecule has 0 aliphatic carbocycles. The Morgan fingerprint density at radius 1 is 1.04 bits per heavy atom. The number of aryl methyl sites for hydroxylation is 1. The third-order valence-corrected chi connectivity index (χ3v) is 6.01. The Hall–Kier alpha value is -2.54. The van der Waals surface area contributed by atoms with Gasteiger partial charge in [0.05, 0.1) is 23.7 Å². The number of carbonyl (C=O) groups excluding carboxylic acids is 1. The lowest BCUT2D eigenvalue weighted by Gasteiger charge is -2.26. The molecule has 2 aromatic carbocycles. The van der Waals surface area contributed by atoms with Crippen LogP contribution in [0.15, 0.2) is 48.5 Å². The van der Waals surface area contributed by atoms with Gasteiger partial charge in [0, 0.05) is 17.7 Å². The number of non-ortho nitro benzene ring substituents is 1. The van der Waals surface area contributed by atoms with Crippen LogP contribution < -0.4 is 0 Å². The summed E-state index contributed by atoms with van der Waals surface area (Å²) in [5.41, 5.74) is 1.38. The maximum Gasteiger partial charge on any atom is 0.375 e. The first-order chi connectivity index (χ1) is 13.3. The highest BCUT2D eigenvalue weighted by atomic mass is 31.2. The van der Waals surface area contributed by atoms with Gasteiger partial charge in [-0.25, -0.2) is 4.79 Å². The molecule has 150 valence electrons. The predicted molar refractivity (Wildman–Crippen MR) is 103 cm³/mol. The Balaban J connectivity index is 2.37. The minimum atomic E-state index is -3.82. The van der Waals surface area contributed by atoms with Crippen molar-refractivity contribution in [1.29, 1.82) is 0 Å². The summed E-state index contributed by atoms with van der Waals surface area (Å²) in [6.07, 6.45) is 0. The van der Waals surface area contributed by atoms with E-state index < -0.39 is 24.3 Å². The molecule has 0 bridgehead atoms. The summed E-state index contributed by atoms with van der Waals surface area (Å²) in [7, 11) is -3.82. The molecule has 0 aliphatic rings. The quantitative estimate of drug-likeness (QED) is 0.249. The minimum absolute atomic E-state index is 0.0854. The Morgan fingerprint density at radius 3 is 2.04 bits per heavy atom. The molecule has 0 heterocycles. The molecule has 0 saturated carbocycles. The molecule has 0 aromatic heterocycles. The highest BCUT2D eigenvalue weighted by molar-refractivity contribution is 7.54. The zero-order valence-corrected chi connectivity index (χ0v) is 16.8. The standard InChI is InChI=1S/C19H22NO7P/c1-4-25-28(24,26-5-2)19(16-8-6-14(3)7-9-16)27-18(21)15-10-12-17(13-11-15)20(22)23/h6-13,19H,4-5H2,1-3H3. The highest BCUT2D eigenvalue weighted by Crippen LogP contribution is 2.61. The van der Waals surface area contributed by atoms with Crippen LogP contribution in [0.4, 0.5) is 5.69 Å². The number of rotatable bonds is 9. The topological polar surface area (TPSA) is 105 Å². The minimum Gasteiger partial charge on any atom is -0.441 e. The van der Waals surface area contributed by atoms with Gasteiger partial charge in [-0.2, -0.15) is 0 Å². The first kappa shape index (κ1) is 21.8. The number of nitro groups is 1. The van der Waals surface area contributed by atoms with E-state index in [4.69, 9.17) is 13.8 Å². The van der Waals surface area contributed by atoms with Gasteiger partial charge in [0.25, 0.3) is 5.69 Å². The van der Waals surface area contributed by atoms with Crippen molar-refractivity contribution in [2.24, 2.45) is 0 Å². The summed E-state index contributed by atoms with van der Waals surface area (Å²) in [5.74, 6) is -2.06. The van der Waals surface area contributed by atoms with Crippen LogP contribution in [-0.2, 0) is 18.3 Å². The van der Waals surface area contributed by atoms with Crippen LogP contribution >= 0.6 is 7.60 Å². The van der Waals surface area contributed by atoms with E-state index in [0.29, 0.717) is 5.56 Å². The molecule has 0 spiro atoms. The molecule has 9 heteroatoms. The Morgan fingerprint density at radius 2 is 1.57 bits per heavy atom. The predicted octanol–water partition coefficient (Wildman–Crippen LogP) is 5.02. The van der Waals surface area contributed by atoms with Crippen LogP contribution in [0.2, 0.25) is 0 Å². The molecule has 28 heavy (non-hydrogen) atoms. The van der Waals surface area contributed by atoms with Crippen LogP contribution in [-0.4, -0.2) is 24.1 Å². The third kappa shape index (κ3) is 5.25. The summed E-state index contributed by atoms with van der Waals surface area (Å²) in [6.45, 7) is 5.43. The fourth-order valence-electron chi connectivity index (χ4n) is 2.47. The third-order valence-electron chi connectivity index (χ3n) is 3.80. The summed E-state index contributed by atoms with van der Waals surface area (Å²) in [4.78, 5) is 22.8. The van der Waals surface area contributed by atoms with Crippen molar-refractivity contribution in [2.45, 2.75) is 26.6 Å². The van der Waals surface area contributed by atoms with E-state index in [-0.39, 0.29) is 24.5 Å². The van der Waals surface area contributed by atoms with E-state index in [9.17, 15) is 19.5 Å². The number of nitrogens with zero attached hydrogens (tertiary/aromatic N) is 1. The molecule has 0 fully saturated rings. The van der Waals surface area contributed by atoms with Crippen molar-refractivity contribution in [1.82, 2.24) is 0 Å². The van der Waals surface area contributed by atoms with Gasteiger partial charge in [-0.15, -0.1) is 0 Å². The fraction of sp³-hybridized carbons (Fsp3) is 0.316. The molecule has 1 atom stereocenters. The first-order valence-electron chi connectivity index (χ1n) is 8.71. The second-order valence-corrected chi connectivity index (χ2v) is 7.91. The van der Waals surface area contributed by atoms with Gasteiger partial charge in [0.2, 0.25) is 5.85 Å². The van der Waals surface area contributed by atoms with Crippen LogP contribution in [0.25, 0.3) is 0 Å². The van der Waals surface area contributed by atoms with Gasteiger partial charge in [0.1, 0.15) is 0 Å². The van der Waals surface area contributed by atoms with Gasteiger partial charge < -0.3 is 13.8 Å². The largest absolute Gasteiger partial charge is 0.441 e. The number of nitro benzene ring substituents is 1.